The molecule has 180 valence electrons. The first-order valence-electron chi connectivity index (χ1n) is 12.3. The molecule has 0 spiro atoms. The molecule has 0 unspecified atom stereocenters. The van der Waals surface area contributed by atoms with E-state index in [0.717, 1.165) is 29.9 Å². The van der Waals surface area contributed by atoms with Crippen LogP contribution in [0.5, 0.6) is 0 Å². The van der Waals surface area contributed by atoms with Gasteiger partial charge in [0.2, 0.25) is 0 Å². The van der Waals surface area contributed by atoms with Crippen molar-refractivity contribution in [1.29, 1.82) is 0 Å². The zero-order chi connectivity index (χ0) is 24.7. The number of nitrogens with zero attached hydrogens (tertiary/aromatic N) is 5. The van der Waals surface area contributed by atoms with Gasteiger partial charge in [-0.15, -0.1) is 0 Å². The molecular formula is C29H33N5O. The molecule has 6 nitrogen and oxygen atoms in total. The van der Waals surface area contributed by atoms with Crippen LogP contribution in [0.25, 0.3) is 5.65 Å². The van der Waals surface area contributed by atoms with Gasteiger partial charge in [-0.1, -0.05) is 42.0 Å². The lowest BCUT2D eigenvalue weighted by atomic mass is 10.0. The molecule has 0 saturated carbocycles. The van der Waals surface area contributed by atoms with Crippen LogP contribution >= 0.6 is 0 Å². The Hall–Kier alpha value is -3.67. The molecule has 0 radical (unpaired) electrons. The highest BCUT2D eigenvalue weighted by molar-refractivity contribution is 6.00. The van der Waals surface area contributed by atoms with E-state index < -0.39 is 0 Å². The van der Waals surface area contributed by atoms with Crippen LogP contribution in [-0.4, -0.2) is 51.1 Å². The normalized spacial score (nSPS) is 16.2. The summed E-state index contributed by atoms with van der Waals surface area (Å²) in [5.41, 5.74) is 9.32. The minimum atomic E-state index is 0.00785. The molecule has 0 bridgehead atoms. The van der Waals surface area contributed by atoms with E-state index >= 15 is 0 Å². The molecule has 2 aromatic carbocycles. The van der Waals surface area contributed by atoms with Crippen LogP contribution in [0.15, 0.2) is 54.7 Å². The van der Waals surface area contributed by atoms with Gasteiger partial charge >= 0.3 is 0 Å². The number of amides is 1. The standard InChI is InChI=1S/C29H33N5O/c1-19-8-6-10-24(14-19)16-26-22(4)31-28-27(17-30-34(28)23(26)5)29(35)32-12-13-33(21(3)18-32)25-11-7-9-20(2)15-25/h6-11,14-15,17,21H,12-13,16,18H2,1-5H3/t21-/m0/s1. The summed E-state index contributed by atoms with van der Waals surface area (Å²) in [6, 6.07) is 17.3. The fourth-order valence-electron chi connectivity index (χ4n) is 5.25. The van der Waals surface area contributed by atoms with Crippen LogP contribution in [0.1, 0.15) is 50.9 Å². The van der Waals surface area contributed by atoms with Gasteiger partial charge in [0.15, 0.2) is 5.65 Å². The monoisotopic (exact) mass is 467 g/mol. The smallest absolute Gasteiger partial charge is 0.259 e. The first-order valence-corrected chi connectivity index (χ1v) is 12.3. The first kappa shape index (κ1) is 23.1. The summed E-state index contributed by atoms with van der Waals surface area (Å²) < 4.78 is 1.83. The van der Waals surface area contributed by atoms with E-state index in [9.17, 15) is 4.79 Å². The Kier molecular flexibility index (Phi) is 6.05. The molecule has 0 aliphatic carbocycles. The lowest BCUT2D eigenvalue weighted by Gasteiger charge is -2.41. The second-order valence-corrected chi connectivity index (χ2v) is 9.85. The fraction of sp³-hybridized carbons (Fsp3) is 0.345. The van der Waals surface area contributed by atoms with Crippen molar-refractivity contribution in [2.24, 2.45) is 0 Å². The van der Waals surface area contributed by atoms with Gasteiger partial charge in [-0.3, -0.25) is 4.79 Å². The van der Waals surface area contributed by atoms with Crippen molar-refractivity contribution in [3.05, 3.63) is 93.9 Å². The van der Waals surface area contributed by atoms with Gasteiger partial charge in [-0.05, 0) is 63.4 Å². The number of carbonyl (C=O) groups is 1. The number of fused-ring (bicyclic) bond motifs is 1. The number of carbonyl (C=O) groups excluding carboxylic acids is 1. The quantitative estimate of drug-likeness (QED) is 0.428. The lowest BCUT2D eigenvalue weighted by molar-refractivity contribution is 0.0728. The van der Waals surface area contributed by atoms with Crippen LogP contribution in [0, 0.1) is 27.7 Å². The zero-order valence-electron chi connectivity index (χ0n) is 21.2. The largest absolute Gasteiger partial charge is 0.365 e. The van der Waals surface area contributed by atoms with Gasteiger partial charge in [-0.25, -0.2) is 9.50 Å². The van der Waals surface area contributed by atoms with Crippen LogP contribution in [0.4, 0.5) is 5.69 Å². The summed E-state index contributed by atoms with van der Waals surface area (Å²) in [7, 11) is 0. The number of piperazine rings is 1. The van der Waals surface area contributed by atoms with Crippen molar-refractivity contribution in [1.82, 2.24) is 19.5 Å². The Labute approximate surface area is 207 Å². The van der Waals surface area contributed by atoms with Gasteiger partial charge in [0.1, 0.15) is 5.56 Å². The van der Waals surface area contributed by atoms with Crippen LogP contribution in [-0.2, 0) is 6.42 Å². The number of anilines is 1. The Bertz CT molecular complexity index is 1410. The third kappa shape index (κ3) is 4.41. The Morgan fingerprint density at radius 1 is 1.00 bits per heavy atom. The average molecular weight is 468 g/mol. The van der Waals surface area contributed by atoms with E-state index in [1.54, 1.807) is 6.20 Å². The Morgan fingerprint density at radius 2 is 1.74 bits per heavy atom. The molecule has 1 saturated heterocycles. The average Bonchev–Trinajstić information content (AvgIpc) is 3.25. The van der Waals surface area contributed by atoms with Gasteiger partial charge in [-0.2, -0.15) is 5.10 Å². The molecular weight excluding hydrogens is 434 g/mol. The molecule has 1 atom stereocenters. The van der Waals surface area contributed by atoms with Gasteiger partial charge in [0.25, 0.3) is 5.91 Å². The third-order valence-corrected chi connectivity index (χ3v) is 7.15. The summed E-state index contributed by atoms with van der Waals surface area (Å²) in [6.45, 7) is 12.7. The van der Waals surface area contributed by atoms with E-state index in [4.69, 9.17) is 4.98 Å². The van der Waals surface area contributed by atoms with Crippen molar-refractivity contribution in [3.63, 3.8) is 0 Å². The molecule has 1 amide bonds. The third-order valence-electron chi connectivity index (χ3n) is 7.15. The van der Waals surface area contributed by atoms with Crippen LogP contribution in [0.2, 0.25) is 0 Å². The minimum Gasteiger partial charge on any atom is -0.365 e. The molecule has 4 aromatic rings. The Morgan fingerprint density at radius 3 is 2.46 bits per heavy atom. The topological polar surface area (TPSA) is 53.7 Å². The molecule has 0 N–H and O–H groups in total. The SMILES string of the molecule is Cc1cccc(Cc2c(C)nc3c(C(=O)N4CCN(c5cccc(C)c5)[C@@H](C)C4)cnn3c2C)c1. The predicted molar refractivity (Wildman–Crippen MR) is 140 cm³/mol. The van der Waals surface area contributed by atoms with E-state index in [0.29, 0.717) is 24.3 Å². The number of rotatable bonds is 4. The van der Waals surface area contributed by atoms with Crippen molar-refractivity contribution >= 4 is 17.2 Å². The van der Waals surface area contributed by atoms with Crippen molar-refractivity contribution in [2.45, 2.75) is 47.1 Å². The van der Waals surface area contributed by atoms with Gasteiger partial charge in [0, 0.05) is 49.2 Å². The molecule has 2 aromatic heterocycles. The maximum Gasteiger partial charge on any atom is 0.259 e. The second kappa shape index (κ2) is 9.17. The molecule has 35 heavy (non-hydrogen) atoms. The predicted octanol–water partition coefficient (Wildman–Crippen LogP) is 4.90. The number of aryl methyl sites for hydroxylation is 4. The number of aromatic nitrogens is 3. The minimum absolute atomic E-state index is 0.00785. The van der Waals surface area contributed by atoms with Crippen molar-refractivity contribution < 1.29 is 4.79 Å². The number of hydrogen-bond donors (Lipinski definition) is 0. The summed E-state index contributed by atoms with van der Waals surface area (Å²) in [4.78, 5) is 22.8. The first-order chi connectivity index (χ1) is 16.8. The zero-order valence-corrected chi connectivity index (χ0v) is 21.2. The summed E-state index contributed by atoms with van der Waals surface area (Å²) >= 11 is 0. The highest BCUT2D eigenvalue weighted by Gasteiger charge is 2.30. The Balaban J connectivity index is 1.39. The highest BCUT2D eigenvalue weighted by atomic mass is 16.2. The molecule has 1 fully saturated rings. The number of benzene rings is 2. The summed E-state index contributed by atoms with van der Waals surface area (Å²) in [5, 5.41) is 4.58. The number of hydrogen-bond acceptors (Lipinski definition) is 4. The maximum atomic E-state index is 13.6. The van der Waals surface area contributed by atoms with Crippen molar-refractivity contribution in [2.75, 3.05) is 24.5 Å². The van der Waals surface area contributed by atoms with Gasteiger partial charge in [0.05, 0.1) is 6.20 Å². The van der Waals surface area contributed by atoms with E-state index in [-0.39, 0.29) is 11.9 Å². The van der Waals surface area contributed by atoms with Crippen LogP contribution < -0.4 is 4.90 Å². The lowest BCUT2D eigenvalue weighted by Crippen LogP contribution is -2.53. The molecule has 3 heterocycles. The van der Waals surface area contributed by atoms with Gasteiger partial charge < -0.3 is 9.80 Å². The van der Waals surface area contributed by atoms with E-state index in [1.165, 1.54) is 22.4 Å². The van der Waals surface area contributed by atoms with Crippen molar-refractivity contribution in [3.8, 4) is 0 Å². The second-order valence-electron chi connectivity index (χ2n) is 9.85. The maximum absolute atomic E-state index is 13.6. The summed E-state index contributed by atoms with van der Waals surface area (Å²) in [6.07, 6.45) is 2.48. The molecule has 5 rings (SSSR count). The summed E-state index contributed by atoms with van der Waals surface area (Å²) in [5.74, 6) is 0.00785. The highest BCUT2D eigenvalue weighted by Crippen LogP contribution is 2.25. The molecule has 1 aliphatic rings. The molecule has 6 heteroatoms. The van der Waals surface area contributed by atoms with Crippen LogP contribution in [0.3, 0.4) is 0 Å². The fourth-order valence-corrected chi connectivity index (χ4v) is 5.25. The van der Waals surface area contributed by atoms with E-state index in [2.05, 4.69) is 86.2 Å². The van der Waals surface area contributed by atoms with E-state index in [1.807, 2.05) is 16.3 Å². The molecule has 1 aliphatic heterocycles.